The van der Waals surface area contributed by atoms with E-state index < -0.39 is 12.3 Å². The van der Waals surface area contributed by atoms with Crippen molar-refractivity contribution in [3.05, 3.63) is 39.9 Å². The molecule has 0 aliphatic heterocycles. The highest BCUT2D eigenvalue weighted by Crippen LogP contribution is 2.22. The number of halogens is 2. The highest BCUT2D eigenvalue weighted by atomic mass is 35.5. The lowest BCUT2D eigenvalue weighted by molar-refractivity contribution is 0.0755. The molecule has 1 aromatic carbocycles. The fourth-order valence-corrected chi connectivity index (χ4v) is 1.55. The Morgan fingerprint density at radius 1 is 1.50 bits per heavy atom. The van der Waals surface area contributed by atoms with Crippen molar-refractivity contribution in [3.63, 3.8) is 0 Å². The van der Waals surface area contributed by atoms with E-state index in [0.29, 0.717) is 10.0 Å². The molecule has 0 aliphatic rings. The molecule has 1 N–H and O–H groups in total. The monoisotopic (exact) mass is 260 g/mol. The summed E-state index contributed by atoms with van der Waals surface area (Å²) in [5.74, 6) is 0. The third-order valence-electron chi connectivity index (χ3n) is 1.80. The average molecular weight is 261 g/mol. The van der Waals surface area contributed by atoms with Crippen LogP contribution in [-0.4, -0.2) is 17.4 Å². The molecule has 0 fully saturated rings. The summed E-state index contributed by atoms with van der Waals surface area (Å²) < 4.78 is 4.50. The van der Waals surface area contributed by atoms with E-state index in [0.717, 1.165) is 5.56 Å². The normalized spacial score (nSPS) is 12.7. The molecule has 0 spiro atoms. The first-order chi connectivity index (χ1) is 7.49. The predicted octanol–water partition coefficient (Wildman–Crippen LogP) is 4.09. The van der Waals surface area contributed by atoms with Gasteiger partial charge in [-0.2, -0.15) is 0 Å². The van der Waals surface area contributed by atoms with Crippen LogP contribution in [0.15, 0.2) is 24.3 Å². The van der Waals surface area contributed by atoms with Gasteiger partial charge in [0.2, 0.25) is 0 Å². The van der Waals surface area contributed by atoms with Gasteiger partial charge in [-0.3, -0.25) is 0 Å². The number of ether oxygens (including phenoxy) is 1. The van der Waals surface area contributed by atoms with Crippen molar-refractivity contribution >= 4 is 35.4 Å². The topological polar surface area (TPSA) is 46.5 Å². The maximum absolute atomic E-state index is 10.2. The summed E-state index contributed by atoms with van der Waals surface area (Å²) in [6.07, 6.45) is 1.46. The molecule has 1 unspecified atom stereocenters. The van der Waals surface area contributed by atoms with Crippen molar-refractivity contribution < 1.29 is 14.6 Å². The lowest BCUT2D eigenvalue weighted by Gasteiger charge is -2.05. The van der Waals surface area contributed by atoms with Crippen LogP contribution in [0, 0.1) is 0 Å². The van der Waals surface area contributed by atoms with Crippen LogP contribution < -0.4 is 0 Å². The average Bonchev–Trinajstić information content (AvgIpc) is 2.15. The maximum Gasteiger partial charge on any atom is 0.506 e. The summed E-state index contributed by atoms with van der Waals surface area (Å²) in [5, 5.41) is 9.43. The minimum atomic E-state index is -1.31. The molecule has 0 amide bonds. The van der Waals surface area contributed by atoms with E-state index in [2.05, 4.69) is 4.74 Å². The van der Waals surface area contributed by atoms with E-state index in [1.165, 1.54) is 0 Å². The summed E-state index contributed by atoms with van der Waals surface area (Å²) >= 11 is 11.7. The molecule has 0 aliphatic carbocycles. The van der Waals surface area contributed by atoms with Gasteiger partial charge in [-0.25, -0.2) is 4.79 Å². The number of hydrogen-bond acceptors (Lipinski definition) is 2. The summed E-state index contributed by atoms with van der Waals surface area (Å²) in [7, 11) is 0. The number of carboxylic acid groups (broad SMARTS) is 1. The minimum absolute atomic E-state index is 0.506. The molecule has 86 valence electrons. The lowest BCUT2D eigenvalue weighted by Crippen LogP contribution is -2.09. The summed E-state index contributed by atoms with van der Waals surface area (Å²) in [5.41, 5.74) is 0.756. The van der Waals surface area contributed by atoms with Crippen LogP contribution in [0.25, 0.3) is 6.08 Å². The largest absolute Gasteiger partial charge is 0.506 e. The van der Waals surface area contributed by atoms with Crippen LogP contribution >= 0.6 is 23.2 Å². The number of hydrogen-bond donors (Lipinski definition) is 1. The van der Waals surface area contributed by atoms with Gasteiger partial charge in [-0.1, -0.05) is 35.3 Å². The van der Waals surface area contributed by atoms with Crippen LogP contribution in [0.2, 0.25) is 10.0 Å². The fraction of sp³-hybridized carbons (Fsp3) is 0.182. The van der Waals surface area contributed by atoms with Crippen molar-refractivity contribution in [1.29, 1.82) is 0 Å². The second-order valence-corrected chi connectivity index (χ2v) is 3.96. The van der Waals surface area contributed by atoms with Crippen molar-refractivity contribution in [2.45, 2.75) is 13.0 Å². The van der Waals surface area contributed by atoms with Gasteiger partial charge in [0, 0.05) is 10.0 Å². The first kappa shape index (κ1) is 12.9. The molecule has 0 saturated heterocycles. The Balaban J connectivity index is 2.72. The van der Waals surface area contributed by atoms with Crippen molar-refractivity contribution in [3.8, 4) is 0 Å². The van der Waals surface area contributed by atoms with Crippen molar-refractivity contribution in [2.75, 3.05) is 0 Å². The molecule has 3 nitrogen and oxygen atoms in total. The Kier molecular flexibility index (Phi) is 4.65. The lowest BCUT2D eigenvalue weighted by atomic mass is 10.2. The van der Waals surface area contributed by atoms with E-state index in [-0.39, 0.29) is 0 Å². The fourth-order valence-electron chi connectivity index (χ4n) is 1.07. The number of benzene rings is 1. The Morgan fingerprint density at radius 3 is 2.75 bits per heavy atom. The van der Waals surface area contributed by atoms with Crippen LogP contribution in [0.4, 0.5) is 4.79 Å². The zero-order chi connectivity index (χ0) is 12.1. The molecule has 5 heteroatoms. The quantitative estimate of drug-likeness (QED) is 0.833. The molecule has 1 rings (SSSR count). The Labute approximate surface area is 103 Å². The van der Waals surface area contributed by atoms with Crippen LogP contribution in [0.1, 0.15) is 12.5 Å². The zero-order valence-electron chi connectivity index (χ0n) is 8.48. The molecule has 0 aromatic heterocycles. The van der Waals surface area contributed by atoms with Gasteiger partial charge in [0.05, 0.1) is 0 Å². The number of rotatable bonds is 3. The maximum atomic E-state index is 10.2. The molecule has 16 heavy (non-hydrogen) atoms. The van der Waals surface area contributed by atoms with Crippen molar-refractivity contribution in [2.24, 2.45) is 0 Å². The van der Waals surface area contributed by atoms with Gasteiger partial charge in [0.1, 0.15) is 6.10 Å². The molecule has 1 atom stereocenters. The van der Waals surface area contributed by atoms with Gasteiger partial charge >= 0.3 is 6.16 Å². The van der Waals surface area contributed by atoms with E-state index >= 15 is 0 Å². The standard InChI is InChI=1S/C11H10Cl2O3/c1-7(16-11(14)15)2-3-8-4-5-9(12)6-10(8)13/h2-7H,1H3,(H,14,15). The van der Waals surface area contributed by atoms with Gasteiger partial charge in [-0.05, 0) is 30.7 Å². The Bertz CT molecular complexity index is 416. The van der Waals surface area contributed by atoms with E-state index in [9.17, 15) is 4.79 Å². The minimum Gasteiger partial charge on any atom is -0.450 e. The van der Waals surface area contributed by atoms with E-state index in [4.69, 9.17) is 28.3 Å². The first-order valence-corrected chi connectivity index (χ1v) is 5.27. The van der Waals surface area contributed by atoms with Crippen LogP contribution in [-0.2, 0) is 4.74 Å². The summed E-state index contributed by atoms with van der Waals surface area (Å²) in [6.45, 7) is 1.62. The zero-order valence-corrected chi connectivity index (χ0v) is 10.00. The molecule has 0 saturated carbocycles. The van der Waals surface area contributed by atoms with Crippen LogP contribution in [0.5, 0.6) is 0 Å². The Hall–Kier alpha value is -1.19. The third-order valence-corrected chi connectivity index (χ3v) is 2.36. The molecular weight excluding hydrogens is 251 g/mol. The van der Waals surface area contributed by atoms with Crippen molar-refractivity contribution in [1.82, 2.24) is 0 Å². The van der Waals surface area contributed by atoms with Gasteiger partial charge in [0.15, 0.2) is 0 Å². The number of carbonyl (C=O) groups is 1. The SMILES string of the molecule is CC(C=Cc1ccc(Cl)cc1Cl)OC(=O)O. The highest BCUT2D eigenvalue weighted by molar-refractivity contribution is 6.35. The first-order valence-electron chi connectivity index (χ1n) is 4.52. The van der Waals surface area contributed by atoms with E-state index in [1.54, 1.807) is 37.3 Å². The second kappa shape index (κ2) is 5.77. The Morgan fingerprint density at radius 2 is 2.19 bits per heavy atom. The molecule has 1 aromatic rings. The van der Waals surface area contributed by atoms with Crippen LogP contribution in [0.3, 0.4) is 0 Å². The van der Waals surface area contributed by atoms with Gasteiger partial charge in [0.25, 0.3) is 0 Å². The second-order valence-electron chi connectivity index (χ2n) is 3.11. The molecular formula is C11H10Cl2O3. The smallest absolute Gasteiger partial charge is 0.450 e. The van der Waals surface area contributed by atoms with Gasteiger partial charge < -0.3 is 9.84 Å². The third kappa shape index (κ3) is 4.13. The molecule has 0 radical (unpaired) electrons. The molecule has 0 bridgehead atoms. The molecule has 0 heterocycles. The predicted molar refractivity (Wildman–Crippen MR) is 64.1 cm³/mol. The summed E-state index contributed by atoms with van der Waals surface area (Å²) in [4.78, 5) is 10.2. The van der Waals surface area contributed by atoms with E-state index in [1.807, 2.05) is 0 Å². The van der Waals surface area contributed by atoms with Gasteiger partial charge in [-0.15, -0.1) is 0 Å². The summed E-state index contributed by atoms with van der Waals surface area (Å²) in [6, 6.07) is 5.07. The highest BCUT2D eigenvalue weighted by Gasteiger charge is 2.03.